The topological polar surface area (TPSA) is 302 Å². The van der Waals surface area contributed by atoms with E-state index in [1.165, 1.54) is 83.0 Å². The molecule has 14 rings (SSSR count). The maximum atomic E-state index is 13.8. The predicted molar refractivity (Wildman–Crippen MR) is 413 cm³/mol. The molecule has 0 spiro atoms. The highest BCUT2D eigenvalue weighted by Crippen LogP contribution is 2.34. The van der Waals surface area contributed by atoms with Crippen molar-refractivity contribution in [3.05, 3.63) is 196 Å². The first-order valence-electron chi connectivity index (χ1n) is 33.5. The summed E-state index contributed by atoms with van der Waals surface area (Å²) in [6.45, 7) is 14.9. The van der Waals surface area contributed by atoms with Crippen molar-refractivity contribution in [3.8, 4) is 0 Å². The molecule has 0 aliphatic carbocycles. The SMILES string of the molecule is Cc1nnc(NS(=O)(=O)c2ccc(N3CCN(C(=O)C(C)N4CCCc5cc(Cl)ccc54)CC3)cc2)s1.Cc1nsc(NS(=O)(=O)c2ccc(N3CCN(C(=O)C(C)n4ccc5ccc(F)cc54)CC3)cc2)n1.O=C(C(O)c1ccc(F)cc1)N1CCN(c2ccc(S(=O)(=O)Nc3nccs3)cc2)CC1.[HH].[HH].[HH].[HH]. The molecule has 8 heterocycles. The molecule has 3 fully saturated rings. The molecular formula is C70H83ClF2N16O10S6. The highest BCUT2D eigenvalue weighted by Gasteiger charge is 2.33. The molecule has 6 aromatic carbocycles. The number of fused-ring (bicyclic) bond motifs is 2. The normalized spacial score (nSPS) is 15.9. The highest BCUT2D eigenvalue weighted by atomic mass is 35.5. The number of hydrogen-bond acceptors (Lipinski definition) is 22. The standard InChI is InChI=1S/C25H29ClN6O3S2.C24H25FN6O3S2.C21H21FN4O4S2.4H2/c1-17(32-11-3-4-19-16-20(26)5-10-23(19)32)24(33)31-14-12-30(13-15-31)21-6-8-22(9-7-21)37(34,35)29-25-28-27-18(2)36-25;1-16(31-10-9-18-3-4-19(25)15-22(18)31)23(32)30-13-11-29(12-14-30)20-5-7-21(8-6-20)36(33,34)28-24-26-17(2)27-35-24;22-16-3-1-15(2-4-16)19(27)20(28)26-12-10-25(11-13-26)17-5-7-18(8-6-17)32(29,30)24-21-23-9-14-31-21;;;;/h5-10,16-17H,3-4,11-15H2,1-2H3,(H,28,29);3-10,15-16H,11-14H2,1-2H3,(H,26,27,28);1-9,14,19,27H,10-13H2,(H,23,24);4*1H. The fraction of sp³-hybridized carbons (Fsp3) is 0.314. The first-order valence-corrected chi connectivity index (χ1v) is 40.8. The monoisotopic (exact) mass is 1570 g/mol. The molecule has 35 heteroatoms. The minimum atomic E-state index is -3.76. The molecule has 4 aliphatic rings. The quantitative estimate of drug-likeness (QED) is 0.0620. The third kappa shape index (κ3) is 18.1. The van der Waals surface area contributed by atoms with Crippen LogP contribution in [0, 0.1) is 25.5 Å². The van der Waals surface area contributed by atoms with E-state index in [2.05, 4.69) is 53.4 Å². The van der Waals surface area contributed by atoms with Gasteiger partial charge >= 0.3 is 0 Å². The third-order valence-corrected chi connectivity index (χ3v) is 25.2. The number of nitrogens with one attached hydrogen (secondary N) is 3. The van der Waals surface area contributed by atoms with Crippen molar-refractivity contribution in [3.63, 3.8) is 0 Å². The van der Waals surface area contributed by atoms with Crippen LogP contribution in [0.1, 0.15) is 60.1 Å². The van der Waals surface area contributed by atoms with Crippen LogP contribution >= 0.6 is 45.8 Å². The molecule has 105 heavy (non-hydrogen) atoms. The average Bonchev–Trinajstić information content (AvgIpc) is 1.76. The molecule has 0 saturated carbocycles. The molecule has 10 aromatic rings. The van der Waals surface area contributed by atoms with Gasteiger partial charge in [0.05, 0.1) is 20.2 Å². The van der Waals surface area contributed by atoms with Gasteiger partial charge in [-0.3, -0.25) is 28.5 Å². The number of thiazole rings is 1. The average molecular weight is 1570 g/mol. The molecule has 3 unspecified atom stereocenters. The van der Waals surface area contributed by atoms with E-state index in [-0.39, 0.29) is 54.3 Å². The first-order chi connectivity index (χ1) is 50.2. The Bertz CT molecular complexity index is 5080. The second-order valence-electron chi connectivity index (χ2n) is 25.1. The zero-order valence-corrected chi connectivity index (χ0v) is 63.0. The number of aromatic nitrogens is 6. The summed E-state index contributed by atoms with van der Waals surface area (Å²) in [5.74, 6) is -0.570. The van der Waals surface area contributed by atoms with E-state index in [9.17, 15) is 53.5 Å². The molecule has 26 nitrogen and oxygen atoms in total. The molecule has 3 amide bonds. The second-order valence-corrected chi connectivity index (χ2v) is 33.5. The van der Waals surface area contributed by atoms with E-state index >= 15 is 0 Å². The molecule has 3 saturated heterocycles. The Kier molecular flexibility index (Phi) is 23.3. The summed E-state index contributed by atoms with van der Waals surface area (Å²) in [6, 6.07) is 36.8. The zero-order chi connectivity index (χ0) is 74.3. The number of aliphatic hydroxyl groups is 1. The van der Waals surface area contributed by atoms with Crippen LogP contribution in [0.5, 0.6) is 0 Å². The van der Waals surface area contributed by atoms with Gasteiger partial charge in [0.2, 0.25) is 22.1 Å². The van der Waals surface area contributed by atoms with Gasteiger partial charge in [-0.05, 0) is 184 Å². The lowest BCUT2D eigenvalue weighted by Gasteiger charge is -2.41. The van der Waals surface area contributed by atoms with E-state index < -0.39 is 53.9 Å². The lowest BCUT2D eigenvalue weighted by Crippen LogP contribution is -2.55. The number of nitrogens with zero attached hydrogens (tertiary/aromatic N) is 13. The number of rotatable bonds is 18. The fourth-order valence-electron chi connectivity index (χ4n) is 12.7. The minimum absolute atomic E-state index is 0. The maximum absolute atomic E-state index is 13.8. The molecule has 0 radical (unpaired) electrons. The summed E-state index contributed by atoms with van der Waals surface area (Å²) in [6.07, 6.45) is 3.98. The van der Waals surface area contributed by atoms with Crippen molar-refractivity contribution in [1.29, 1.82) is 0 Å². The number of piperazine rings is 3. The van der Waals surface area contributed by atoms with Crippen LogP contribution in [0.15, 0.2) is 172 Å². The molecule has 4 aliphatic heterocycles. The number of benzene rings is 6. The van der Waals surface area contributed by atoms with Crippen LogP contribution in [0.2, 0.25) is 5.02 Å². The van der Waals surface area contributed by atoms with Crippen LogP contribution < -0.4 is 33.8 Å². The Morgan fingerprint density at radius 2 is 1.06 bits per heavy atom. The number of aliphatic hydroxyl groups excluding tert-OH is 1. The Balaban J connectivity index is 0.000000203. The molecule has 4 aromatic heterocycles. The lowest BCUT2D eigenvalue weighted by molar-refractivity contribution is -0.141. The van der Waals surface area contributed by atoms with Gasteiger partial charge in [0.25, 0.3) is 36.0 Å². The highest BCUT2D eigenvalue weighted by molar-refractivity contribution is 7.93. The summed E-state index contributed by atoms with van der Waals surface area (Å²) < 4.78 is 115. The number of halogens is 3. The summed E-state index contributed by atoms with van der Waals surface area (Å²) in [5.41, 5.74) is 5.98. The summed E-state index contributed by atoms with van der Waals surface area (Å²) in [7, 11) is -11.2. The fourth-order valence-corrected chi connectivity index (χ4v) is 18.3. The largest absolute Gasteiger partial charge is 0.378 e. The van der Waals surface area contributed by atoms with E-state index in [0.717, 1.165) is 64.1 Å². The number of carbonyl (C=O) groups is 3. The summed E-state index contributed by atoms with van der Waals surface area (Å²) >= 11 is 9.55. The third-order valence-electron chi connectivity index (χ3n) is 18.4. The van der Waals surface area contributed by atoms with E-state index in [0.29, 0.717) is 106 Å². The van der Waals surface area contributed by atoms with Crippen molar-refractivity contribution < 1.29 is 59.2 Å². The minimum Gasteiger partial charge on any atom is -0.378 e. The van der Waals surface area contributed by atoms with Crippen LogP contribution in [0.3, 0.4) is 0 Å². The van der Waals surface area contributed by atoms with E-state index in [4.69, 9.17) is 11.6 Å². The molecule has 3 atom stereocenters. The number of aryl methyl sites for hydroxylation is 3. The number of amides is 3. The predicted octanol–water partition coefficient (Wildman–Crippen LogP) is 10.9. The molecule has 560 valence electrons. The van der Waals surface area contributed by atoms with Crippen molar-refractivity contribution in [2.24, 2.45) is 0 Å². The Labute approximate surface area is 629 Å². The first kappa shape index (κ1) is 75.3. The number of sulfonamides is 3. The molecule has 0 bridgehead atoms. The van der Waals surface area contributed by atoms with Gasteiger partial charge in [-0.1, -0.05) is 35.1 Å². The maximum Gasteiger partial charge on any atom is 0.263 e. The zero-order valence-electron chi connectivity index (χ0n) is 57.4. The Morgan fingerprint density at radius 1 is 0.562 bits per heavy atom. The lowest BCUT2D eigenvalue weighted by atomic mass is 10.00. The van der Waals surface area contributed by atoms with E-state index in [1.54, 1.807) is 90.9 Å². The van der Waals surface area contributed by atoms with Crippen molar-refractivity contribution in [2.45, 2.75) is 73.4 Å². The molecular weight excluding hydrogens is 1490 g/mol. The number of hydrogen-bond donors (Lipinski definition) is 4. The smallest absolute Gasteiger partial charge is 0.263 e. The summed E-state index contributed by atoms with van der Waals surface area (Å²) in [4.78, 5) is 61.4. The van der Waals surface area contributed by atoms with Crippen molar-refractivity contribution in [2.75, 3.05) is 119 Å². The second kappa shape index (κ2) is 32.5. The van der Waals surface area contributed by atoms with Gasteiger partial charge in [-0.25, -0.2) is 44.0 Å². The van der Waals surface area contributed by atoms with Crippen molar-refractivity contribution in [1.82, 2.24) is 43.8 Å². The van der Waals surface area contributed by atoms with E-state index in [1.807, 2.05) is 63.6 Å². The summed E-state index contributed by atoms with van der Waals surface area (Å²) in [5, 5.41) is 22.7. The van der Waals surface area contributed by atoms with Gasteiger partial charge in [0.15, 0.2) is 11.2 Å². The van der Waals surface area contributed by atoms with Gasteiger partial charge in [-0.15, -0.1) is 21.5 Å². The van der Waals surface area contributed by atoms with Crippen LogP contribution in [-0.2, 0) is 50.9 Å². The van der Waals surface area contributed by atoms with Crippen LogP contribution in [-0.4, -0.2) is 183 Å². The van der Waals surface area contributed by atoms with Crippen molar-refractivity contribution >= 4 is 143 Å². The number of carbonyl (C=O) groups excluding carboxylic acids is 3. The van der Waals surface area contributed by atoms with Gasteiger partial charge in [-0.2, -0.15) is 4.37 Å². The van der Waals surface area contributed by atoms with Crippen LogP contribution in [0.25, 0.3) is 10.9 Å². The Morgan fingerprint density at radius 3 is 1.54 bits per heavy atom. The molecule has 4 N–H and O–H groups in total. The van der Waals surface area contributed by atoms with Gasteiger partial charge in [0.1, 0.15) is 34.6 Å². The van der Waals surface area contributed by atoms with Crippen LogP contribution in [0.4, 0.5) is 46.9 Å². The van der Waals surface area contributed by atoms with Gasteiger partial charge < -0.3 is 44.0 Å². The Hall–Kier alpha value is -9.42. The number of anilines is 7. The van der Waals surface area contributed by atoms with Gasteiger partial charge in [0, 0.05) is 148 Å².